The van der Waals surface area contributed by atoms with Crippen LogP contribution >= 0.6 is 0 Å². The SMILES string of the molecule is CCOc1ccccc1-c1[nH]c2ccc(F)cc2c1C=O. The highest BCUT2D eigenvalue weighted by atomic mass is 19.1. The molecule has 0 aliphatic heterocycles. The Morgan fingerprint density at radius 3 is 2.81 bits per heavy atom. The molecule has 0 aliphatic rings. The zero-order valence-corrected chi connectivity index (χ0v) is 11.5. The highest BCUT2D eigenvalue weighted by molar-refractivity contribution is 6.04. The molecule has 1 aromatic heterocycles. The van der Waals surface area contributed by atoms with E-state index < -0.39 is 0 Å². The average Bonchev–Trinajstić information content (AvgIpc) is 2.85. The summed E-state index contributed by atoms with van der Waals surface area (Å²) < 4.78 is 19.0. The number of nitrogens with one attached hydrogen (secondary N) is 1. The second-order valence-electron chi connectivity index (χ2n) is 4.65. The number of ether oxygens (including phenoxy) is 1. The van der Waals surface area contributed by atoms with Crippen molar-refractivity contribution >= 4 is 17.2 Å². The van der Waals surface area contributed by atoms with E-state index in [1.807, 2.05) is 31.2 Å². The Hall–Kier alpha value is -2.62. The fourth-order valence-electron chi connectivity index (χ4n) is 2.47. The summed E-state index contributed by atoms with van der Waals surface area (Å²) in [4.78, 5) is 14.7. The molecule has 3 aromatic rings. The number of halogens is 1. The molecule has 3 rings (SSSR count). The van der Waals surface area contributed by atoms with Crippen LogP contribution in [-0.2, 0) is 0 Å². The number of aromatic amines is 1. The summed E-state index contributed by atoms with van der Waals surface area (Å²) in [7, 11) is 0. The highest BCUT2D eigenvalue weighted by Gasteiger charge is 2.16. The lowest BCUT2D eigenvalue weighted by Crippen LogP contribution is -1.95. The lowest BCUT2D eigenvalue weighted by Gasteiger charge is -2.09. The summed E-state index contributed by atoms with van der Waals surface area (Å²) in [5.74, 6) is 0.323. The Bertz CT molecular complexity index is 808. The largest absolute Gasteiger partial charge is 0.493 e. The number of hydrogen-bond acceptors (Lipinski definition) is 2. The van der Waals surface area contributed by atoms with Crippen molar-refractivity contribution in [3.8, 4) is 17.0 Å². The van der Waals surface area contributed by atoms with Crippen molar-refractivity contribution in [2.75, 3.05) is 6.61 Å². The Morgan fingerprint density at radius 2 is 2.05 bits per heavy atom. The zero-order chi connectivity index (χ0) is 14.8. The Morgan fingerprint density at radius 1 is 1.24 bits per heavy atom. The minimum atomic E-state index is -0.366. The van der Waals surface area contributed by atoms with Crippen LogP contribution in [0.5, 0.6) is 5.75 Å². The zero-order valence-electron chi connectivity index (χ0n) is 11.5. The smallest absolute Gasteiger partial charge is 0.152 e. The molecule has 0 saturated heterocycles. The third-order valence-corrected chi connectivity index (χ3v) is 3.37. The molecule has 1 heterocycles. The summed E-state index contributed by atoms with van der Waals surface area (Å²) in [6, 6.07) is 11.8. The number of carbonyl (C=O) groups excluding carboxylic acids is 1. The van der Waals surface area contributed by atoms with Gasteiger partial charge >= 0.3 is 0 Å². The number of carbonyl (C=O) groups is 1. The molecule has 2 aromatic carbocycles. The van der Waals surface area contributed by atoms with Gasteiger partial charge in [0.05, 0.1) is 12.3 Å². The fourth-order valence-corrected chi connectivity index (χ4v) is 2.47. The highest BCUT2D eigenvalue weighted by Crippen LogP contribution is 2.35. The molecule has 3 nitrogen and oxygen atoms in total. The van der Waals surface area contributed by atoms with Crippen LogP contribution in [0.3, 0.4) is 0 Å². The van der Waals surface area contributed by atoms with Crippen LogP contribution in [0.2, 0.25) is 0 Å². The van der Waals surface area contributed by atoms with Gasteiger partial charge in [0.1, 0.15) is 11.6 Å². The van der Waals surface area contributed by atoms with Gasteiger partial charge in [-0.1, -0.05) is 12.1 Å². The molecule has 0 amide bonds. The number of aldehydes is 1. The second-order valence-corrected chi connectivity index (χ2v) is 4.65. The standard InChI is InChI=1S/C17H14FNO2/c1-2-21-16-6-4-3-5-12(16)17-14(10-20)13-9-11(18)7-8-15(13)19-17/h3-10,19H,2H2,1H3. The van der Waals surface area contributed by atoms with Gasteiger partial charge in [0.2, 0.25) is 0 Å². The van der Waals surface area contributed by atoms with Crippen molar-refractivity contribution in [2.45, 2.75) is 6.92 Å². The summed E-state index contributed by atoms with van der Waals surface area (Å²) in [5, 5.41) is 0.575. The van der Waals surface area contributed by atoms with E-state index in [0.717, 1.165) is 17.4 Å². The molecule has 0 aliphatic carbocycles. The topological polar surface area (TPSA) is 42.1 Å². The van der Waals surface area contributed by atoms with Gasteiger partial charge in [-0.15, -0.1) is 0 Å². The Kier molecular flexibility index (Phi) is 3.44. The molecule has 0 atom stereocenters. The number of H-pyrrole nitrogens is 1. The van der Waals surface area contributed by atoms with E-state index in [2.05, 4.69) is 4.98 Å². The monoisotopic (exact) mass is 283 g/mol. The predicted octanol–water partition coefficient (Wildman–Crippen LogP) is 4.19. The molecule has 0 spiro atoms. The van der Waals surface area contributed by atoms with Crippen molar-refractivity contribution in [2.24, 2.45) is 0 Å². The second kappa shape index (κ2) is 5.40. The minimum Gasteiger partial charge on any atom is -0.493 e. The maximum atomic E-state index is 13.4. The van der Waals surface area contributed by atoms with Gasteiger partial charge < -0.3 is 9.72 Å². The molecule has 21 heavy (non-hydrogen) atoms. The molecule has 0 unspecified atom stereocenters. The molecule has 0 saturated carbocycles. The minimum absolute atomic E-state index is 0.366. The lowest BCUT2D eigenvalue weighted by atomic mass is 10.1. The predicted molar refractivity (Wildman–Crippen MR) is 80.2 cm³/mol. The van der Waals surface area contributed by atoms with Crippen LogP contribution in [0.1, 0.15) is 17.3 Å². The van der Waals surface area contributed by atoms with Gasteiger partial charge in [0.15, 0.2) is 6.29 Å². The number of benzene rings is 2. The van der Waals surface area contributed by atoms with Crippen molar-refractivity contribution in [3.05, 3.63) is 53.8 Å². The average molecular weight is 283 g/mol. The fraction of sp³-hybridized carbons (Fsp3) is 0.118. The first kappa shape index (κ1) is 13.4. The van der Waals surface area contributed by atoms with Gasteiger partial charge in [-0.2, -0.15) is 0 Å². The van der Waals surface area contributed by atoms with E-state index in [1.54, 1.807) is 6.07 Å². The molecule has 0 bridgehead atoms. The van der Waals surface area contributed by atoms with Crippen molar-refractivity contribution in [1.29, 1.82) is 0 Å². The van der Waals surface area contributed by atoms with Gasteiger partial charge in [-0.3, -0.25) is 4.79 Å². The first-order valence-corrected chi connectivity index (χ1v) is 6.73. The third-order valence-electron chi connectivity index (χ3n) is 3.37. The summed E-state index contributed by atoms with van der Waals surface area (Å²) in [6.07, 6.45) is 0.746. The van der Waals surface area contributed by atoms with Gasteiger partial charge in [0.25, 0.3) is 0 Å². The van der Waals surface area contributed by atoms with E-state index in [1.165, 1.54) is 12.1 Å². The molecule has 0 radical (unpaired) electrons. The number of aromatic nitrogens is 1. The first-order valence-electron chi connectivity index (χ1n) is 6.73. The number of rotatable bonds is 4. The Balaban J connectivity index is 2.27. The maximum absolute atomic E-state index is 13.4. The van der Waals surface area contributed by atoms with Crippen LogP contribution in [-0.4, -0.2) is 17.9 Å². The molecular weight excluding hydrogens is 269 g/mol. The van der Waals surface area contributed by atoms with Crippen LogP contribution < -0.4 is 4.74 Å². The lowest BCUT2D eigenvalue weighted by molar-refractivity contribution is 0.112. The normalized spacial score (nSPS) is 10.8. The van der Waals surface area contributed by atoms with Crippen LogP contribution in [0.15, 0.2) is 42.5 Å². The van der Waals surface area contributed by atoms with Crippen LogP contribution in [0.4, 0.5) is 4.39 Å². The van der Waals surface area contributed by atoms with Crippen LogP contribution in [0, 0.1) is 5.82 Å². The van der Waals surface area contributed by atoms with Crippen LogP contribution in [0.25, 0.3) is 22.2 Å². The molecule has 106 valence electrons. The van der Waals surface area contributed by atoms with E-state index in [4.69, 9.17) is 4.74 Å². The van der Waals surface area contributed by atoms with Gasteiger partial charge in [0, 0.05) is 22.0 Å². The number of para-hydroxylation sites is 1. The number of hydrogen-bond donors (Lipinski definition) is 1. The molecular formula is C17H14FNO2. The van der Waals surface area contributed by atoms with Crippen molar-refractivity contribution in [1.82, 2.24) is 4.98 Å². The summed E-state index contributed by atoms with van der Waals surface area (Å²) in [5.41, 5.74) is 2.60. The number of fused-ring (bicyclic) bond motifs is 1. The summed E-state index contributed by atoms with van der Waals surface area (Å²) >= 11 is 0. The Labute approximate surface area is 121 Å². The van der Waals surface area contributed by atoms with Crippen molar-refractivity contribution in [3.63, 3.8) is 0 Å². The van der Waals surface area contributed by atoms with Crippen molar-refractivity contribution < 1.29 is 13.9 Å². The van der Waals surface area contributed by atoms with E-state index in [-0.39, 0.29) is 5.82 Å². The molecule has 0 fully saturated rings. The van der Waals surface area contributed by atoms with E-state index in [9.17, 15) is 9.18 Å². The van der Waals surface area contributed by atoms with E-state index in [0.29, 0.717) is 29.0 Å². The van der Waals surface area contributed by atoms with Gasteiger partial charge in [-0.25, -0.2) is 4.39 Å². The maximum Gasteiger partial charge on any atom is 0.152 e. The molecule has 1 N–H and O–H groups in total. The third kappa shape index (κ3) is 2.29. The quantitative estimate of drug-likeness (QED) is 0.730. The van der Waals surface area contributed by atoms with Gasteiger partial charge in [-0.05, 0) is 37.3 Å². The van der Waals surface area contributed by atoms with E-state index >= 15 is 0 Å². The first-order chi connectivity index (χ1) is 10.2. The molecule has 4 heteroatoms. The summed E-state index contributed by atoms with van der Waals surface area (Å²) in [6.45, 7) is 2.43.